The summed E-state index contributed by atoms with van der Waals surface area (Å²) in [5.74, 6) is 0.264. The highest BCUT2D eigenvalue weighted by molar-refractivity contribution is 5.65. The first kappa shape index (κ1) is 23.4. The van der Waals surface area contributed by atoms with Gasteiger partial charge in [0.25, 0.3) is 0 Å². The minimum absolute atomic E-state index is 0.0429. The first-order valence-electron chi connectivity index (χ1n) is 10.7. The van der Waals surface area contributed by atoms with Gasteiger partial charge < -0.3 is 25.4 Å². The molecule has 0 spiro atoms. The Hall–Kier alpha value is -3.72. The fourth-order valence-corrected chi connectivity index (χ4v) is 3.95. The monoisotopic (exact) mass is 467 g/mol. The van der Waals surface area contributed by atoms with E-state index in [-0.39, 0.29) is 18.3 Å². The third kappa shape index (κ3) is 4.51. The van der Waals surface area contributed by atoms with E-state index in [1.165, 1.54) is 10.8 Å². The van der Waals surface area contributed by atoms with Gasteiger partial charge in [-0.15, -0.1) is 0 Å². The normalized spacial score (nSPS) is 25.1. The number of anilines is 1. The molecule has 3 heterocycles. The molecule has 1 aliphatic rings. The summed E-state index contributed by atoms with van der Waals surface area (Å²) < 4.78 is 17.4. The standard InChI is InChI=1S/C23H25N5O6/c1-14(10-15-6-4-3-5-7-15)11-32-22(31)33-12-23(25-2)20(30)18(29)19(34-23)16-8-9-17-21(24)26-13-27-28(16)17/h3-9,13-14,18-20,29-30H,10-12H2,1H3,(H2,24,26,27)/t14-,18-,19-,20-,23+/m0/s1. The summed E-state index contributed by atoms with van der Waals surface area (Å²) in [5.41, 5.74) is 5.78. The molecule has 0 unspecified atom stereocenters. The summed E-state index contributed by atoms with van der Waals surface area (Å²) in [7, 11) is 0. The van der Waals surface area contributed by atoms with Gasteiger partial charge in [0.1, 0.15) is 24.1 Å². The second-order valence-corrected chi connectivity index (χ2v) is 8.28. The lowest BCUT2D eigenvalue weighted by Crippen LogP contribution is -2.44. The molecule has 0 aliphatic carbocycles. The van der Waals surface area contributed by atoms with Gasteiger partial charge in [-0.05, 0) is 30.0 Å². The summed E-state index contributed by atoms with van der Waals surface area (Å²) in [6, 6.07) is 13.0. The molecule has 1 aliphatic heterocycles. The number of nitrogens with zero attached hydrogens (tertiary/aromatic N) is 4. The summed E-state index contributed by atoms with van der Waals surface area (Å²) >= 11 is 0. The van der Waals surface area contributed by atoms with Gasteiger partial charge in [-0.25, -0.2) is 20.9 Å². The molecule has 4 N–H and O–H groups in total. The highest BCUT2D eigenvalue weighted by Crippen LogP contribution is 2.41. The number of aromatic nitrogens is 3. The molecule has 178 valence electrons. The number of nitrogen functional groups attached to an aromatic ring is 1. The smallest absolute Gasteiger partial charge is 0.434 e. The molecule has 11 heteroatoms. The van der Waals surface area contributed by atoms with Gasteiger partial charge in [0, 0.05) is 0 Å². The quantitative estimate of drug-likeness (QED) is 0.349. The molecule has 5 atom stereocenters. The van der Waals surface area contributed by atoms with E-state index in [2.05, 4.69) is 14.9 Å². The number of fused-ring (bicyclic) bond motifs is 1. The molecular formula is C23H25N5O6. The SMILES string of the molecule is [C-]#[N+][C@]1(COC(=O)OC[C@@H](C)Cc2ccccc2)O[C@@H](c2ccc3c(N)ncnn23)[C@H](O)[C@@H]1O. The number of aliphatic hydroxyl groups is 2. The Morgan fingerprint density at radius 1 is 1.29 bits per heavy atom. The lowest BCUT2D eigenvalue weighted by Gasteiger charge is -2.19. The lowest BCUT2D eigenvalue weighted by atomic mass is 10.0. The molecule has 0 saturated carbocycles. The van der Waals surface area contributed by atoms with Crippen LogP contribution in [-0.2, 0) is 20.6 Å². The van der Waals surface area contributed by atoms with Gasteiger partial charge in [0.05, 0.1) is 12.3 Å². The van der Waals surface area contributed by atoms with Crippen LogP contribution in [0.2, 0.25) is 0 Å². The van der Waals surface area contributed by atoms with Crippen LogP contribution < -0.4 is 5.73 Å². The average molecular weight is 467 g/mol. The minimum Gasteiger partial charge on any atom is -0.434 e. The van der Waals surface area contributed by atoms with Crippen LogP contribution >= 0.6 is 0 Å². The number of benzene rings is 1. The molecule has 0 bridgehead atoms. The third-order valence-electron chi connectivity index (χ3n) is 5.73. The van der Waals surface area contributed by atoms with Crippen molar-refractivity contribution in [2.45, 2.75) is 37.4 Å². The fourth-order valence-electron chi connectivity index (χ4n) is 3.95. The van der Waals surface area contributed by atoms with Crippen molar-refractivity contribution in [3.05, 3.63) is 71.5 Å². The van der Waals surface area contributed by atoms with Gasteiger partial charge in [-0.1, -0.05) is 37.3 Å². The van der Waals surface area contributed by atoms with Crippen molar-refractivity contribution in [2.24, 2.45) is 5.92 Å². The Labute approximate surface area is 195 Å². The number of ether oxygens (including phenoxy) is 3. The van der Waals surface area contributed by atoms with Crippen LogP contribution in [0.1, 0.15) is 24.3 Å². The predicted octanol–water partition coefficient (Wildman–Crippen LogP) is 1.75. The Morgan fingerprint density at radius 2 is 2.06 bits per heavy atom. The lowest BCUT2D eigenvalue weighted by molar-refractivity contribution is -0.0927. The molecule has 0 radical (unpaired) electrons. The largest absolute Gasteiger partial charge is 0.508 e. The van der Waals surface area contributed by atoms with Crippen molar-refractivity contribution < 1.29 is 29.2 Å². The zero-order chi connectivity index (χ0) is 24.3. The highest BCUT2D eigenvalue weighted by Gasteiger charge is 2.62. The molecule has 3 aromatic rings. The van der Waals surface area contributed by atoms with E-state index in [1.807, 2.05) is 37.3 Å². The second-order valence-electron chi connectivity index (χ2n) is 8.28. The van der Waals surface area contributed by atoms with E-state index < -0.39 is 36.8 Å². The molecule has 4 rings (SSSR count). The van der Waals surface area contributed by atoms with Crippen molar-refractivity contribution in [1.29, 1.82) is 0 Å². The van der Waals surface area contributed by atoms with E-state index in [9.17, 15) is 15.0 Å². The maximum Gasteiger partial charge on any atom is 0.508 e. The molecule has 2 aromatic heterocycles. The number of carbonyl (C=O) groups excluding carboxylic acids is 1. The van der Waals surface area contributed by atoms with Crippen LogP contribution in [0, 0.1) is 12.5 Å². The zero-order valence-electron chi connectivity index (χ0n) is 18.4. The Bertz CT molecular complexity index is 1200. The predicted molar refractivity (Wildman–Crippen MR) is 119 cm³/mol. The molecule has 1 aromatic carbocycles. The van der Waals surface area contributed by atoms with E-state index in [0.717, 1.165) is 12.0 Å². The van der Waals surface area contributed by atoms with Gasteiger partial charge in [-0.2, -0.15) is 5.10 Å². The summed E-state index contributed by atoms with van der Waals surface area (Å²) in [4.78, 5) is 19.4. The third-order valence-corrected chi connectivity index (χ3v) is 5.73. The second kappa shape index (κ2) is 9.64. The first-order valence-corrected chi connectivity index (χ1v) is 10.7. The summed E-state index contributed by atoms with van der Waals surface area (Å²) in [5, 5.41) is 25.3. The van der Waals surface area contributed by atoms with Crippen LogP contribution in [0.4, 0.5) is 10.6 Å². The van der Waals surface area contributed by atoms with Gasteiger partial charge in [0.2, 0.25) is 6.61 Å². The van der Waals surface area contributed by atoms with Crippen LogP contribution in [0.5, 0.6) is 0 Å². The molecule has 11 nitrogen and oxygen atoms in total. The number of aliphatic hydroxyl groups excluding tert-OH is 2. The number of hydrogen-bond donors (Lipinski definition) is 3. The van der Waals surface area contributed by atoms with Crippen LogP contribution in [0.3, 0.4) is 0 Å². The molecule has 1 saturated heterocycles. The van der Waals surface area contributed by atoms with E-state index >= 15 is 0 Å². The first-order chi connectivity index (χ1) is 16.3. The summed E-state index contributed by atoms with van der Waals surface area (Å²) in [6.07, 6.45) is -3.28. The highest BCUT2D eigenvalue weighted by atomic mass is 16.7. The van der Waals surface area contributed by atoms with Crippen LogP contribution in [0.25, 0.3) is 10.4 Å². The number of carbonyl (C=O) groups is 1. The molecular weight excluding hydrogens is 442 g/mol. The Kier molecular flexibility index (Phi) is 6.65. The van der Waals surface area contributed by atoms with Crippen LogP contribution in [-0.4, -0.2) is 62.1 Å². The van der Waals surface area contributed by atoms with Crippen molar-refractivity contribution in [3.8, 4) is 0 Å². The van der Waals surface area contributed by atoms with E-state index in [1.54, 1.807) is 12.1 Å². The topological polar surface area (TPSA) is 146 Å². The Balaban J connectivity index is 1.38. The maximum atomic E-state index is 12.1. The van der Waals surface area contributed by atoms with Crippen LogP contribution in [0.15, 0.2) is 48.8 Å². The number of rotatable bonds is 7. The van der Waals surface area contributed by atoms with Gasteiger partial charge >= 0.3 is 11.9 Å². The maximum absolute atomic E-state index is 12.1. The van der Waals surface area contributed by atoms with Crippen molar-refractivity contribution in [2.75, 3.05) is 18.9 Å². The Morgan fingerprint density at radius 3 is 2.79 bits per heavy atom. The van der Waals surface area contributed by atoms with E-state index in [0.29, 0.717) is 11.2 Å². The molecule has 34 heavy (non-hydrogen) atoms. The fraction of sp³-hybridized carbons (Fsp3) is 0.391. The van der Waals surface area contributed by atoms with Gasteiger partial charge in [-0.3, -0.25) is 9.58 Å². The molecule has 1 fully saturated rings. The average Bonchev–Trinajstić information content (AvgIpc) is 3.38. The van der Waals surface area contributed by atoms with Crippen molar-refractivity contribution in [1.82, 2.24) is 14.6 Å². The number of nitrogens with two attached hydrogens (primary N) is 1. The minimum atomic E-state index is -2.01. The number of hydrogen-bond acceptors (Lipinski definition) is 9. The van der Waals surface area contributed by atoms with Crippen molar-refractivity contribution in [3.63, 3.8) is 0 Å². The molecule has 0 amide bonds. The zero-order valence-corrected chi connectivity index (χ0v) is 18.4. The van der Waals surface area contributed by atoms with Crippen molar-refractivity contribution >= 4 is 17.5 Å². The van der Waals surface area contributed by atoms with Gasteiger partial charge in [0.15, 0.2) is 11.9 Å². The summed E-state index contributed by atoms with van der Waals surface area (Å²) in [6.45, 7) is 8.99. The van der Waals surface area contributed by atoms with E-state index in [4.69, 9.17) is 26.5 Å².